The van der Waals surface area contributed by atoms with Crippen LogP contribution in [0.25, 0.3) is 16.5 Å². The van der Waals surface area contributed by atoms with Gasteiger partial charge < -0.3 is 4.57 Å². The number of para-hydroxylation sites is 1. The number of fused-ring (bicyclic) bond motifs is 2. The molecule has 3 heteroatoms. The summed E-state index contributed by atoms with van der Waals surface area (Å²) in [7, 11) is 2.11. The molecular formula is C17H14N2S. The second-order valence-corrected chi connectivity index (χ2v) is 5.96. The summed E-state index contributed by atoms with van der Waals surface area (Å²) in [4.78, 5) is 4.50. The van der Waals surface area contributed by atoms with E-state index in [1.807, 2.05) is 12.3 Å². The zero-order chi connectivity index (χ0) is 13.5. The zero-order valence-electron chi connectivity index (χ0n) is 11.2. The molecule has 1 aliphatic heterocycles. The Labute approximate surface area is 122 Å². The van der Waals surface area contributed by atoms with Gasteiger partial charge in [-0.2, -0.15) is 0 Å². The SMILES string of the molecule is Cn1cc(C2=CCSc3ncccc32)c2ccccc21. The predicted octanol–water partition coefficient (Wildman–Crippen LogP) is 4.11. The van der Waals surface area contributed by atoms with Crippen molar-refractivity contribution in [3.63, 3.8) is 0 Å². The van der Waals surface area contributed by atoms with E-state index in [9.17, 15) is 0 Å². The highest BCUT2D eigenvalue weighted by Crippen LogP contribution is 2.38. The van der Waals surface area contributed by atoms with Gasteiger partial charge in [-0.3, -0.25) is 0 Å². The van der Waals surface area contributed by atoms with Crippen LogP contribution in [0.2, 0.25) is 0 Å². The normalized spacial score (nSPS) is 14.2. The van der Waals surface area contributed by atoms with E-state index in [1.165, 1.54) is 27.6 Å². The highest BCUT2D eigenvalue weighted by molar-refractivity contribution is 7.99. The average molecular weight is 278 g/mol. The number of hydrogen-bond donors (Lipinski definition) is 0. The monoisotopic (exact) mass is 278 g/mol. The fourth-order valence-electron chi connectivity index (χ4n) is 2.84. The van der Waals surface area contributed by atoms with E-state index in [2.05, 4.69) is 59.2 Å². The van der Waals surface area contributed by atoms with Gasteiger partial charge in [0, 0.05) is 47.2 Å². The lowest BCUT2D eigenvalue weighted by molar-refractivity contribution is 0.967. The standard InChI is InChI=1S/C17H14N2S/c1-19-11-15(13-5-2-3-7-16(13)19)12-8-10-20-17-14(12)6-4-9-18-17/h2-9,11H,10H2,1H3. The summed E-state index contributed by atoms with van der Waals surface area (Å²) < 4.78 is 2.20. The van der Waals surface area contributed by atoms with E-state index in [0.717, 1.165) is 10.8 Å². The zero-order valence-corrected chi connectivity index (χ0v) is 12.0. The maximum atomic E-state index is 4.50. The van der Waals surface area contributed by atoms with Gasteiger partial charge in [0.25, 0.3) is 0 Å². The first-order chi connectivity index (χ1) is 9.84. The Balaban J connectivity index is 1.98. The van der Waals surface area contributed by atoms with Crippen LogP contribution in [0.15, 0.2) is 59.9 Å². The smallest absolute Gasteiger partial charge is 0.104 e. The lowest BCUT2D eigenvalue weighted by atomic mass is 9.98. The largest absolute Gasteiger partial charge is 0.350 e. The van der Waals surface area contributed by atoms with Crippen molar-refractivity contribution in [2.75, 3.05) is 5.75 Å². The fourth-order valence-corrected chi connectivity index (χ4v) is 3.71. The molecule has 1 aromatic carbocycles. The van der Waals surface area contributed by atoms with Crippen LogP contribution in [-0.4, -0.2) is 15.3 Å². The molecule has 3 heterocycles. The van der Waals surface area contributed by atoms with Crippen molar-refractivity contribution in [2.45, 2.75) is 5.03 Å². The van der Waals surface area contributed by atoms with Crippen LogP contribution in [0.1, 0.15) is 11.1 Å². The molecular weight excluding hydrogens is 264 g/mol. The van der Waals surface area contributed by atoms with Gasteiger partial charge in [-0.25, -0.2) is 4.98 Å². The van der Waals surface area contributed by atoms with Crippen molar-refractivity contribution in [2.24, 2.45) is 7.05 Å². The summed E-state index contributed by atoms with van der Waals surface area (Å²) in [6, 6.07) is 12.7. The van der Waals surface area contributed by atoms with Gasteiger partial charge in [-0.05, 0) is 17.7 Å². The number of rotatable bonds is 1. The molecule has 4 rings (SSSR count). The second-order valence-electron chi connectivity index (χ2n) is 4.96. The molecule has 0 amide bonds. The molecule has 2 nitrogen and oxygen atoms in total. The third-order valence-corrected chi connectivity index (χ3v) is 4.69. The summed E-state index contributed by atoms with van der Waals surface area (Å²) >= 11 is 1.81. The number of nitrogens with zero attached hydrogens (tertiary/aromatic N) is 2. The number of benzene rings is 1. The topological polar surface area (TPSA) is 17.8 Å². The highest BCUT2D eigenvalue weighted by atomic mass is 32.2. The van der Waals surface area contributed by atoms with E-state index >= 15 is 0 Å². The van der Waals surface area contributed by atoms with E-state index in [4.69, 9.17) is 0 Å². The molecule has 0 atom stereocenters. The van der Waals surface area contributed by atoms with Gasteiger partial charge in [0.2, 0.25) is 0 Å². The number of aromatic nitrogens is 2. The van der Waals surface area contributed by atoms with Crippen molar-refractivity contribution < 1.29 is 0 Å². The van der Waals surface area contributed by atoms with Crippen LogP contribution in [-0.2, 0) is 7.05 Å². The average Bonchev–Trinajstić information content (AvgIpc) is 2.84. The Bertz CT molecular complexity index is 830. The molecule has 0 spiro atoms. The molecule has 98 valence electrons. The quantitative estimate of drug-likeness (QED) is 0.666. The van der Waals surface area contributed by atoms with Crippen LogP contribution in [0.3, 0.4) is 0 Å². The minimum atomic E-state index is 0.989. The Kier molecular flexibility index (Phi) is 2.67. The summed E-state index contributed by atoms with van der Waals surface area (Å²) in [5.74, 6) is 0.989. The van der Waals surface area contributed by atoms with Gasteiger partial charge in [0.05, 0.1) is 0 Å². The summed E-state index contributed by atoms with van der Waals surface area (Å²) in [6.45, 7) is 0. The molecule has 0 fully saturated rings. The fraction of sp³-hybridized carbons (Fsp3) is 0.118. The maximum Gasteiger partial charge on any atom is 0.104 e. The van der Waals surface area contributed by atoms with Crippen molar-refractivity contribution in [1.29, 1.82) is 0 Å². The predicted molar refractivity (Wildman–Crippen MR) is 85.0 cm³/mol. The van der Waals surface area contributed by atoms with E-state index in [-0.39, 0.29) is 0 Å². The molecule has 0 aliphatic carbocycles. The van der Waals surface area contributed by atoms with Gasteiger partial charge in [0.1, 0.15) is 5.03 Å². The number of hydrogen-bond acceptors (Lipinski definition) is 2. The Morgan fingerprint density at radius 2 is 2.00 bits per heavy atom. The van der Waals surface area contributed by atoms with Crippen molar-refractivity contribution in [3.8, 4) is 0 Å². The molecule has 20 heavy (non-hydrogen) atoms. The molecule has 0 radical (unpaired) electrons. The van der Waals surface area contributed by atoms with Gasteiger partial charge in [-0.15, -0.1) is 11.8 Å². The van der Waals surface area contributed by atoms with E-state index < -0.39 is 0 Å². The Hall–Kier alpha value is -2.00. The Morgan fingerprint density at radius 3 is 2.95 bits per heavy atom. The third kappa shape index (κ3) is 1.70. The van der Waals surface area contributed by atoms with Gasteiger partial charge >= 0.3 is 0 Å². The molecule has 0 saturated heterocycles. The summed E-state index contributed by atoms with van der Waals surface area (Å²) in [5, 5.41) is 2.45. The first-order valence-electron chi connectivity index (χ1n) is 6.67. The third-order valence-electron chi connectivity index (χ3n) is 3.76. The minimum absolute atomic E-state index is 0.989. The number of aryl methyl sites for hydroxylation is 1. The van der Waals surface area contributed by atoms with Crippen LogP contribution in [0.4, 0.5) is 0 Å². The molecule has 0 N–H and O–H groups in total. The molecule has 2 aromatic heterocycles. The van der Waals surface area contributed by atoms with Gasteiger partial charge in [-0.1, -0.05) is 30.3 Å². The van der Waals surface area contributed by atoms with Crippen molar-refractivity contribution in [3.05, 3.63) is 66.0 Å². The molecule has 1 aliphatic rings. The van der Waals surface area contributed by atoms with Crippen molar-refractivity contribution >= 4 is 28.2 Å². The van der Waals surface area contributed by atoms with Crippen LogP contribution in [0, 0.1) is 0 Å². The first-order valence-corrected chi connectivity index (χ1v) is 7.66. The van der Waals surface area contributed by atoms with Crippen LogP contribution < -0.4 is 0 Å². The lowest BCUT2D eigenvalue weighted by Crippen LogP contribution is -1.98. The second kappa shape index (κ2) is 4.53. The van der Waals surface area contributed by atoms with Gasteiger partial charge in [0.15, 0.2) is 0 Å². The molecule has 3 aromatic rings. The summed E-state index contributed by atoms with van der Waals surface area (Å²) in [5.41, 5.74) is 5.13. The van der Waals surface area contributed by atoms with E-state index in [0.29, 0.717) is 0 Å². The van der Waals surface area contributed by atoms with Crippen LogP contribution in [0.5, 0.6) is 0 Å². The first kappa shape index (κ1) is 11.8. The van der Waals surface area contributed by atoms with Crippen LogP contribution >= 0.6 is 11.8 Å². The minimum Gasteiger partial charge on any atom is -0.350 e. The lowest BCUT2D eigenvalue weighted by Gasteiger charge is -2.15. The van der Waals surface area contributed by atoms with E-state index in [1.54, 1.807) is 11.8 Å². The molecule has 0 unspecified atom stereocenters. The summed E-state index contributed by atoms with van der Waals surface area (Å²) in [6.07, 6.45) is 6.41. The molecule has 0 bridgehead atoms. The number of pyridine rings is 1. The maximum absolute atomic E-state index is 4.50. The number of thioether (sulfide) groups is 1. The Morgan fingerprint density at radius 1 is 1.10 bits per heavy atom. The molecule has 0 saturated carbocycles. The highest BCUT2D eigenvalue weighted by Gasteiger charge is 2.18. The van der Waals surface area contributed by atoms with Crippen molar-refractivity contribution in [1.82, 2.24) is 9.55 Å².